The lowest BCUT2D eigenvalue weighted by Gasteiger charge is -2.36. The van der Waals surface area contributed by atoms with E-state index in [-0.39, 0.29) is 5.82 Å². The number of halogens is 1. The summed E-state index contributed by atoms with van der Waals surface area (Å²) in [5, 5.41) is 2.60. The van der Waals surface area contributed by atoms with Gasteiger partial charge in [-0.05, 0) is 32.0 Å². The highest BCUT2D eigenvalue weighted by atomic mass is 19.1. The zero-order valence-electron chi connectivity index (χ0n) is 13.6. The normalized spacial score (nSPS) is 15.5. The summed E-state index contributed by atoms with van der Waals surface area (Å²) < 4.78 is 18.9. The van der Waals surface area contributed by atoms with Crippen molar-refractivity contribution in [2.75, 3.05) is 50.8 Å². The monoisotopic (exact) mass is 319 g/mol. The fourth-order valence-electron chi connectivity index (χ4n) is 2.75. The molecule has 1 amide bonds. The van der Waals surface area contributed by atoms with Gasteiger partial charge in [0.1, 0.15) is 11.6 Å². The number of nitrogens with zero attached hydrogens (tertiary/aromatic N) is 2. The number of amides is 1. The summed E-state index contributed by atoms with van der Waals surface area (Å²) >= 11 is 0. The van der Waals surface area contributed by atoms with Gasteiger partial charge in [0.15, 0.2) is 13.7 Å². The Balaban J connectivity index is 1.83. The van der Waals surface area contributed by atoms with Crippen LogP contribution in [0, 0.1) is 5.82 Å². The van der Waals surface area contributed by atoms with Crippen molar-refractivity contribution < 1.29 is 13.9 Å². The van der Waals surface area contributed by atoms with Crippen LogP contribution >= 0.6 is 0 Å². The van der Waals surface area contributed by atoms with Gasteiger partial charge in [-0.2, -0.15) is 0 Å². The van der Waals surface area contributed by atoms with Crippen LogP contribution in [0.3, 0.4) is 0 Å². The minimum atomic E-state index is -0.477. The third-order valence-electron chi connectivity index (χ3n) is 3.89. The second-order valence-electron chi connectivity index (χ2n) is 5.52. The molecule has 0 unspecified atom stereocenters. The van der Waals surface area contributed by atoms with Crippen molar-refractivity contribution in [3.63, 3.8) is 0 Å². The molecule has 1 aromatic rings. The van der Waals surface area contributed by atoms with E-state index in [1.165, 1.54) is 12.1 Å². The molecule has 23 heavy (non-hydrogen) atoms. The SMILES string of the molecule is [B]C(=O)NCCCN1CCN(c2ccc(F)cc2OCC)CC1. The minimum Gasteiger partial charge on any atom is -0.492 e. The van der Waals surface area contributed by atoms with E-state index in [4.69, 9.17) is 12.6 Å². The van der Waals surface area contributed by atoms with Crippen LogP contribution in [0.4, 0.5) is 14.9 Å². The first-order chi connectivity index (χ1) is 11.1. The number of carbonyl (C=O) groups excluding carboxylic acids is 1. The summed E-state index contributed by atoms with van der Waals surface area (Å²) in [7, 11) is 5.03. The lowest BCUT2D eigenvalue weighted by Crippen LogP contribution is -2.47. The van der Waals surface area contributed by atoms with Gasteiger partial charge in [-0.15, -0.1) is 0 Å². The molecule has 0 atom stereocenters. The number of ether oxygens (including phenoxy) is 1. The highest BCUT2D eigenvalue weighted by Gasteiger charge is 2.19. The second kappa shape index (κ2) is 8.77. The molecule has 124 valence electrons. The highest BCUT2D eigenvalue weighted by Crippen LogP contribution is 2.30. The van der Waals surface area contributed by atoms with Crippen molar-refractivity contribution in [2.45, 2.75) is 13.3 Å². The van der Waals surface area contributed by atoms with Gasteiger partial charge in [0.25, 0.3) is 0 Å². The molecule has 1 aliphatic heterocycles. The number of benzene rings is 1. The largest absolute Gasteiger partial charge is 0.492 e. The molecule has 1 fully saturated rings. The predicted molar refractivity (Wildman–Crippen MR) is 90.0 cm³/mol. The zero-order valence-corrected chi connectivity index (χ0v) is 13.6. The number of hydrogen-bond donors (Lipinski definition) is 1. The van der Waals surface area contributed by atoms with Gasteiger partial charge in [0, 0.05) is 38.8 Å². The number of piperazine rings is 1. The number of rotatable bonds is 7. The molecule has 1 saturated heterocycles. The smallest absolute Gasteiger partial charge is 0.200 e. The first-order valence-corrected chi connectivity index (χ1v) is 8.03. The Morgan fingerprint density at radius 3 is 2.74 bits per heavy atom. The predicted octanol–water partition coefficient (Wildman–Crippen LogP) is 1.61. The number of carbonyl (C=O) groups is 1. The second-order valence-corrected chi connectivity index (χ2v) is 5.52. The van der Waals surface area contributed by atoms with E-state index in [1.807, 2.05) is 6.92 Å². The Labute approximate surface area is 138 Å². The fraction of sp³-hybridized carbons (Fsp3) is 0.562. The summed E-state index contributed by atoms with van der Waals surface area (Å²) in [5.41, 5.74) is 0.947. The summed E-state index contributed by atoms with van der Waals surface area (Å²) in [5.74, 6) is -0.154. The molecule has 0 spiro atoms. The van der Waals surface area contributed by atoms with Crippen LogP contribution in [0.15, 0.2) is 18.2 Å². The average molecular weight is 319 g/mol. The van der Waals surface area contributed by atoms with Crippen LogP contribution in [0.5, 0.6) is 5.75 Å². The molecule has 0 aliphatic carbocycles. The molecular formula is C16H23BFN3O2. The molecular weight excluding hydrogens is 296 g/mol. The number of nitrogens with one attached hydrogen (secondary N) is 1. The van der Waals surface area contributed by atoms with Crippen LogP contribution in [0.2, 0.25) is 0 Å². The van der Waals surface area contributed by atoms with Crippen LogP contribution in [-0.2, 0) is 0 Å². The van der Waals surface area contributed by atoms with Gasteiger partial charge in [-0.3, -0.25) is 9.69 Å². The Kier molecular flexibility index (Phi) is 6.71. The third kappa shape index (κ3) is 5.43. The molecule has 0 aromatic heterocycles. The van der Waals surface area contributed by atoms with E-state index in [0.29, 0.717) is 18.9 Å². The summed E-state index contributed by atoms with van der Waals surface area (Å²) in [4.78, 5) is 15.2. The Morgan fingerprint density at radius 1 is 1.35 bits per heavy atom. The van der Waals surface area contributed by atoms with E-state index in [0.717, 1.165) is 44.8 Å². The quantitative estimate of drug-likeness (QED) is 0.613. The molecule has 1 aliphatic rings. The van der Waals surface area contributed by atoms with Gasteiger partial charge >= 0.3 is 0 Å². The van der Waals surface area contributed by atoms with Crippen LogP contribution < -0.4 is 15.0 Å². The van der Waals surface area contributed by atoms with E-state index in [9.17, 15) is 9.18 Å². The minimum absolute atomic E-state index is 0.280. The van der Waals surface area contributed by atoms with Crippen LogP contribution in [-0.4, -0.2) is 64.4 Å². The van der Waals surface area contributed by atoms with Crippen molar-refractivity contribution in [2.24, 2.45) is 0 Å². The van der Waals surface area contributed by atoms with Crippen molar-refractivity contribution >= 4 is 19.3 Å². The van der Waals surface area contributed by atoms with Gasteiger partial charge < -0.3 is 15.0 Å². The first-order valence-electron chi connectivity index (χ1n) is 8.03. The molecule has 7 heteroatoms. The maximum Gasteiger partial charge on any atom is 0.200 e. The topological polar surface area (TPSA) is 44.8 Å². The van der Waals surface area contributed by atoms with Gasteiger partial charge in [0.05, 0.1) is 12.3 Å². The van der Waals surface area contributed by atoms with Gasteiger partial charge in [-0.1, -0.05) is 0 Å². The first kappa shape index (κ1) is 17.6. The fourth-order valence-corrected chi connectivity index (χ4v) is 2.75. The van der Waals surface area contributed by atoms with E-state index < -0.39 is 5.81 Å². The Morgan fingerprint density at radius 2 is 2.09 bits per heavy atom. The van der Waals surface area contributed by atoms with E-state index in [2.05, 4.69) is 15.1 Å². The molecule has 2 rings (SSSR count). The van der Waals surface area contributed by atoms with Crippen molar-refractivity contribution in [1.29, 1.82) is 0 Å². The Hall–Kier alpha value is -1.76. The van der Waals surface area contributed by atoms with Crippen molar-refractivity contribution in [1.82, 2.24) is 10.2 Å². The molecule has 2 radical (unpaired) electrons. The number of hydrogen-bond acceptors (Lipinski definition) is 4. The van der Waals surface area contributed by atoms with E-state index in [1.54, 1.807) is 6.07 Å². The van der Waals surface area contributed by atoms with Crippen LogP contribution in [0.1, 0.15) is 13.3 Å². The lowest BCUT2D eigenvalue weighted by molar-refractivity contribution is 0.247. The molecule has 0 saturated carbocycles. The number of anilines is 1. The molecule has 1 aromatic carbocycles. The highest BCUT2D eigenvalue weighted by molar-refractivity contribution is 6.57. The maximum atomic E-state index is 13.4. The van der Waals surface area contributed by atoms with Crippen molar-refractivity contribution in [3.05, 3.63) is 24.0 Å². The summed E-state index contributed by atoms with van der Waals surface area (Å²) in [6.45, 7) is 7.54. The average Bonchev–Trinajstić information content (AvgIpc) is 2.53. The van der Waals surface area contributed by atoms with E-state index >= 15 is 0 Å². The molecule has 5 nitrogen and oxygen atoms in total. The zero-order chi connectivity index (χ0) is 16.7. The third-order valence-corrected chi connectivity index (χ3v) is 3.89. The van der Waals surface area contributed by atoms with Crippen molar-refractivity contribution in [3.8, 4) is 5.75 Å². The maximum absolute atomic E-state index is 13.4. The molecule has 0 bridgehead atoms. The molecule has 1 N–H and O–H groups in total. The standard InChI is InChI=1S/C16H23BFN3O2/c1-2-23-15-12-13(18)4-5-14(15)21-10-8-20(9-11-21)7-3-6-19-16(17)22/h4-5,12H,2-3,6-11H2,1H3,(H,19,22). The van der Waals surface area contributed by atoms with Gasteiger partial charge in [-0.25, -0.2) is 4.39 Å². The summed E-state index contributed by atoms with van der Waals surface area (Å²) in [6, 6.07) is 4.70. The van der Waals surface area contributed by atoms with Gasteiger partial charge in [0.2, 0.25) is 0 Å². The van der Waals surface area contributed by atoms with Crippen LogP contribution in [0.25, 0.3) is 0 Å². The summed E-state index contributed by atoms with van der Waals surface area (Å²) in [6.07, 6.45) is 0.879. The Bertz CT molecular complexity index is 522. The lowest BCUT2D eigenvalue weighted by atomic mass is 10.1. The molecule has 1 heterocycles.